The number of hydrogen-bond acceptors (Lipinski definition) is 9. The molecule has 0 spiro atoms. The van der Waals surface area contributed by atoms with Gasteiger partial charge < -0.3 is 19.5 Å². The van der Waals surface area contributed by atoms with Gasteiger partial charge in [0, 0.05) is 42.5 Å². The van der Waals surface area contributed by atoms with Crippen LogP contribution in [-0.4, -0.2) is 49.7 Å². The first-order chi connectivity index (χ1) is 15.4. The summed E-state index contributed by atoms with van der Waals surface area (Å²) in [6.07, 6.45) is 0. The van der Waals surface area contributed by atoms with Crippen molar-refractivity contribution in [1.29, 1.82) is 0 Å². The number of non-ortho nitro benzene ring substituents is 1. The number of nitrogens with zero attached hydrogens (tertiary/aromatic N) is 3. The predicted octanol–water partition coefficient (Wildman–Crippen LogP) is 2.96. The Morgan fingerprint density at radius 1 is 1.06 bits per heavy atom. The van der Waals surface area contributed by atoms with Gasteiger partial charge in [0.15, 0.2) is 10.7 Å². The van der Waals surface area contributed by atoms with Crippen LogP contribution < -0.4 is 9.64 Å². The van der Waals surface area contributed by atoms with Crippen molar-refractivity contribution in [3.63, 3.8) is 0 Å². The first-order valence-electron chi connectivity index (χ1n) is 9.66. The Balaban J connectivity index is 1.73. The fourth-order valence-electron chi connectivity index (χ4n) is 3.38. The number of para-hydroxylation sites is 1. The van der Waals surface area contributed by atoms with Crippen LogP contribution in [-0.2, 0) is 15.4 Å². The minimum absolute atomic E-state index is 0.0484. The lowest BCUT2D eigenvalue weighted by molar-refractivity contribution is -0.385. The molecule has 0 saturated carbocycles. The van der Waals surface area contributed by atoms with Crippen LogP contribution in [0.4, 0.5) is 11.4 Å². The van der Waals surface area contributed by atoms with Crippen molar-refractivity contribution in [2.45, 2.75) is 4.90 Å². The molecule has 0 amide bonds. The highest BCUT2D eigenvalue weighted by Gasteiger charge is 2.18. The van der Waals surface area contributed by atoms with Gasteiger partial charge >= 0.3 is 0 Å². The summed E-state index contributed by atoms with van der Waals surface area (Å²) < 4.78 is 34.6. The van der Waals surface area contributed by atoms with E-state index < -0.39 is 15.6 Å². The zero-order valence-electron chi connectivity index (χ0n) is 16.7. The van der Waals surface area contributed by atoms with Gasteiger partial charge in [0.05, 0.1) is 23.8 Å². The minimum Gasteiger partial charge on any atom is -0.493 e. The molecule has 0 bridgehead atoms. The smallest absolute Gasteiger partial charge is 0.271 e. The van der Waals surface area contributed by atoms with E-state index in [9.17, 15) is 23.6 Å². The summed E-state index contributed by atoms with van der Waals surface area (Å²) in [6.45, 7) is 2.50. The van der Waals surface area contributed by atoms with Gasteiger partial charge in [-0.3, -0.25) is 10.1 Å². The monoisotopic (exact) mass is 457 g/mol. The van der Waals surface area contributed by atoms with E-state index in [1.165, 1.54) is 12.1 Å². The second-order valence-electron chi connectivity index (χ2n) is 6.93. The van der Waals surface area contributed by atoms with Gasteiger partial charge in [0.1, 0.15) is 16.4 Å². The molecule has 0 atom stereocenters. The van der Waals surface area contributed by atoms with Crippen LogP contribution in [0.15, 0.2) is 59.5 Å². The van der Waals surface area contributed by atoms with Crippen LogP contribution in [0.3, 0.4) is 0 Å². The molecule has 0 unspecified atom stereocenters. The summed E-state index contributed by atoms with van der Waals surface area (Å²) in [6, 6.07) is 13.5. The minimum atomic E-state index is -3.14. The first-order valence-corrected chi connectivity index (χ1v) is 10.8. The Morgan fingerprint density at radius 2 is 1.81 bits per heavy atom. The molecule has 2 aromatic carbocycles. The Bertz CT molecular complexity index is 1230. The van der Waals surface area contributed by atoms with Crippen molar-refractivity contribution in [1.82, 2.24) is 4.98 Å². The van der Waals surface area contributed by atoms with Gasteiger partial charge in [0.25, 0.3) is 5.69 Å². The summed E-state index contributed by atoms with van der Waals surface area (Å²) in [7, 11) is -3.14. The number of anilines is 1. The van der Waals surface area contributed by atoms with Crippen LogP contribution >= 0.6 is 0 Å². The maximum atomic E-state index is 11.7. The summed E-state index contributed by atoms with van der Waals surface area (Å²) in [5.74, 6) is 0.0654. The largest absolute Gasteiger partial charge is 0.493 e. The van der Waals surface area contributed by atoms with E-state index in [1.807, 2.05) is 0 Å². The quantitative estimate of drug-likeness (QED) is 0.326. The van der Waals surface area contributed by atoms with Crippen molar-refractivity contribution in [3.8, 4) is 28.6 Å². The summed E-state index contributed by atoms with van der Waals surface area (Å²) >= 11 is 0. The molecular weight excluding hydrogens is 438 g/mol. The number of thiol groups is 1. The van der Waals surface area contributed by atoms with Crippen LogP contribution in [0.2, 0.25) is 0 Å². The molecule has 1 N–H and O–H groups in total. The van der Waals surface area contributed by atoms with Gasteiger partial charge in [-0.2, -0.15) is 0 Å². The van der Waals surface area contributed by atoms with Crippen molar-refractivity contribution in [2.24, 2.45) is 0 Å². The molecule has 1 aliphatic heterocycles. The number of benzene rings is 2. The Labute approximate surface area is 184 Å². The molecule has 4 rings (SSSR count). The van der Waals surface area contributed by atoms with Crippen molar-refractivity contribution in [2.75, 3.05) is 31.2 Å². The molecule has 0 aliphatic carbocycles. The van der Waals surface area contributed by atoms with Gasteiger partial charge in [-0.25, -0.2) is 13.4 Å². The number of nitro benzene ring substituents is 1. The fourth-order valence-corrected chi connectivity index (χ4v) is 3.92. The maximum absolute atomic E-state index is 11.7. The van der Waals surface area contributed by atoms with E-state index in [2.05, 4.69) is 9.88 Å². The molecule has 0 radical (unpaired) electrons. The van der Waals surface area contributed by atoms with Gasteiger partial charge in [-0.1, -0.05) is 12.1 Å². The van der Waals surface area contributed by atoms with Crippen molar-refractivity contribution >= 4 is 22.1 Å². The summed E-state index contributed by atoms with van der Waals surface area (Å²) in [4.78, 5) is 16.3. The molecule has 3 aromatic rings. The van der Waals surface area contributed by atoms with E-state index in [0.29, 0.717) is 37.6 Å². The highest BCUT2D eigenvalue weighted by molar-refractivity contribution is 7.72. The summed E-state index contributed by atoms with van der Waals surface area (Å²) in [5, 5.41) is 21.2. The normalized spacial score (nSPS) is 13.8. The number of ether oxygens (including phenoxy) is 2. The van der Waals surface area contributed by atoms with E-state index in [-0.39, 0.29) is 28.0 Å². The number of aromatic hydroxyl groups is 1. The lowest BCUT2D eigenvalue weighted by atomic mass is 10.1. The highest BCUT2D eigenvalue weighted by Crippen LogP contribution is 2.37. The SMILES string of the molecule is O=[N+]([O-])c1ccc(Oc2ccccc2-c2cc(N3CCOCC3)cc(O)n2)c([SH](=O)=O)c1. The average Bonchev–Trinajstić information content (AvgIpc) is 2.79. The number of rotatable bonds is 6. The third-order valence-electron chi connectivity index (χ3n) is 4.91. The van der Waals surface area contributed by atoms with Gasteiger partial charge in [-0.05, 0) is 24.3 Å². The number of morpholine rings is 1. The molecule has 1 aromatic heterocycles. The van der Waals surface area contributed by atoms with E-state index in [1.54, 1.807) is 36.4 Å². The number of nitro groups is 1. The van der Waals surface area contributed by atoms with Crippen molar-refractivity contribution < 1.29 is 27.9 Å². The van der Waals surface area contributed by atoms with Crippen LogP contribution in [0.1, 0.15) is 0 Å². The lowest BCUT2D eigenvalue weighted by Crippen LogP contribution is -2.36. The Kier molecular flexibility index (Phi) is 6.19. The molecule has 1 aliphatic rings. The lowest BCUT2D eigenvalue weighted by Gasteiger charge is -2.29. The van der Waals surface area contributed by atoms with Gasteiger partial charge in [-0.15, -0.1) is 0 Å². The molecule has 11 heteroatoms. The number of aromatic nitrogens is 1. The topological polar surface area (TPSA) is 132 Å². The molecule has 2 heterocycles. The number of pyridine rings is 1. The average molecular weight is 457 g/mol. The fraction of sp³-hybridized carbons (Fsp3) is 0.190. The Morgan fingerprint density at radius 3 is 2.53 bits per heavy atom. The standard InChI is InChI=1S/C21H19N3O7S/c25-21-13-15(23-7-9-30-10-8-23)11-17(22-21)16-3-1-2-4-18(16)31-19-6-5-14(24(26)27)12-20(19)32(28)29/h1-6,11-13,32H,7-10H2,(H,22,25). The molecule has 166 valence electrons. The van der Waals surface area contributed by atoms with Crippen LogP contribution in [0.5, 0.6) is 17.4 Å². The number of hydrogen-bond donors (Lipinski definition) is 2. The van der Waals surface area contributed by atoms with Crippen molar-refractivity contribution in [3.05, 3.63) is 64.7 Å². The third-order valence-corrected chi connectivity index (χ3v) is 5.65. The van der Waals surface area contributed by atoms with Gasteiger partial charge in [0.2, 0.25) is 5.88 Å². The zero-order valence-corrected chi connectivity index (χ0v) is 17.6. The highest BCUT2D eigenvalue weighted by atomic mass is 32.2. The third kappa shape index (κ3) is 4.63. The molecule has 1 saturated heterocycles. The zero-order chi connectivity index (χ0) is 22.7. The molecule has 1 fully saturated rings. The van der Waals surface area contributed by atoms with Crippen LogP contribution in [0, 0.1) is 10.1 Å². The van der Waals surface area contributed by atoms with E-state index >= 15 is 0 Å². The first kappa shape index (κ1) is 21.5. The second kappa shape index (κ2) is 9.20. The molecule has 32 heavy (non-hydrogen) atoms. The second-order valence-corrected chi connectivity index (χ2v) is 7.93. The molecule has 10 nitrogen and oxygen atoms in total. The van der Waals surface area contributed by atoms with Crippen LogP contribution in [0.25, 0.3) is 11.3 Å². The van der Waals surface area contributed by atoms with E-state index in [4.69, 9.17) is 9.47 Å². The summed E-state index contributed by atoms with van der Waals surface area (Å²) in [5.41, 5.74) is 1.36. The predicted molar refractivity (Wildman–Crippen MR) is 116 cm³/mol. The maximum Gasteiger partial charge on any atom is 0.271 e. The molecular formula is C21H19N3O7S. The Hall–Kier alpha value is -3.70. The van der Waals surface area contributed by atoms with E-state index in [0.717, 1.165) is 11.8 Å².